The van der Waals surface area contributed by atoms with Gasteiger partial charge in [0.05, 0.1) is 9.77 Å². The van der Waals surface area contributed by atoms with Gasteiger partial charge in [0, 0.05) is 30.4 Å². The van der Waals surface area contributed by atoms with Gasteiger partial charge >= 0.3 is 0 Å². The van der Waals surface area contributed by atoms with Gasteiger partial charge in [-0.2, -0.15) is 5.10 Å². The minimum Gasteiger partial charge on any atom is -0.507 e. The molecule has 19 heavy (non-hydrogen) atoms. The average molecular weight is 371 g/mol. The Labute approximate surface area is 124 Å². The highest BCUT2D eigenvalue weighted by molar-refractivity contribution is 14.1. The van der Waals surface area contributed by atoms with E-state index in [0.29, 0.717) is 12.1 Å². The predicted octanol–water partition coefficient (Wildman–Crippen LogP) is 1.97. The number of hydrogen-bond acceptors (Lipinski definition) is 3. The van der Waals surface area contributed by atoms with Crippen LogP contribution in [0, 0.1) is 10.5 Å². The molecule has 0 radical (unpaired) electrons. The third kappa shape index (κ3) is 3.06. The van der Waals surface area contributed by atoms with Crippen molar-refractivity contribution < 1.29 is 9.90 Å². The average Bonchev–Trinajstić information content (AvgIpc) is 2.70. The number of halogens is 1. The molecule has 1 aromatic heterocycles. The molecule has 1 aromatic carbocycles. The first-order valence-electron chi connectivity index (χ1n) is 5.73. The number of amides is 1. The van der Waals surface area contributed by atoms with Gasteiger partial charge < -0.3 is 10.4 Å². The molecule has 2 aromatic rings. The number of phenolic OH excluding ortho intramolecular Hbond substituents is 1. The van der Waals surface area contributed by atoms with Gasteiger partial charge in [-0.05, 0) is 47.7 Å². The number of aromatic hydroxyl groups is 1. The van der Waals surface area contributed by atoms with Gasteiger partial charge in [0.1, 0.15) is 5.75 Å². The van der Waals surface area contributed by atoms with E-state index in [0.717, 1.165) is 14.8 Å². The molecule has 0 aliphatic carbocycles. The van der Waals surface area contributed by atoms with Gasteiger partial charge in [-0.1, -0.05) is 0 Å². The number of aryl methyl sites for hydroxylation is 1. The number of aromatic nitrogens is 2. The van der Waals surface area contributed by atoms with E-state index in [-0.39, 0.29) is 11.7 Å². The number of carbonyl (C=O) groups excluding carboxylic acids is 1. The molecule has 1 heterocycles. The summed E-state index contributed by atoms with van der Waals surface area (Å²) < 4.78 is 2.48. The first-order chi connectivity index (χ1) is 8.99. The van der Waals surface area contributed by atoms with Crippen molar-refractivity contribution in [2.45, 2.75) is 13.5 Å². The van der Waals surface area contributed by atoms with E-state index < -0.39 is 0 Å². The molecule has 0 saturated heterocycles. The maximum atomic E-state index is 11.9. The predicted molar refractivity (Wildman–Crippen MR) is 79.9 cm³/mol. The van der Waals surface area contributed by atoms with Crippen molar-refractivity contribution >= 4 is 28.5 Å². The van der Waals surface area contributed by atoms with Crippen LogP contribution >= 0.6 is 22.6 Å². The van der Waals surface area contributed by atoms with Crippen molar-refractivity contribution in [2.24, 2.45) is 7.05 Å². The van der Waals surface area contributed by atoms with Crippen LogP contribution in [0.3, 0.4) is 0 Å². The Hall–Kier alpha value is -1.57. The summed E-state index contributed by atoms with van der Waals surface area (Å²) in [4.78, 5) is 11.9. The summed E-state index contributed by atoms with van der Waals surface area (Å²) in [7, 11) is 1.86. The Morgan fingerprint density at radius 2 is 2.26 bits per heavy atom. The fourth-order valence-corrected chi connectivity index (χ4v) is 1.98. The Morgan fingerprint density at radius 1 is 1.53 bits per heavy atom. The van der Waals surface area contributed by atoms with Crippen LogP contribution in [-0.2, 0) is 13.6 Å². The molecular weight excluding hydrogens is 357 g/mol. The van der Waals surface area contributed by atoms with Gasteiger partial charge in [-0.15, -0.1) is 0 Å². The summed E-state index contributed by atoms with van der Waals surface area (Å²) in [6.07, 6.45) is 1.74. The normalized spacial score (nSPS) is 10.5. The highest BCUT2D eigenvalue weighted by Gasteiger charge is 2.09. The van der Waals surface area contributed by atoms with Gasteiger partial charge in [0.15, 0.2) is 0 Å². The summed E-state index contributed by atoms with van der Waals surface area (Å²) in [5.41, 5.74) is 2.44. The van der Waals surface area contributed by atoms with Crippen molar-refractivity contribution in [1.82, 2.24) is 15.1 Å². The van der Waals surface area contributed by atoms with Crippen molar-refractivity contribution in [1.29, 1.82) is 0 Å². The highest BCUT2D eigenvalue weighted by atomic mass is 127. The fraction of sp³-hybridized carbons (Fsp3) is 0.231. The molecule has 0 fully saturated rings. The molecule has 0 spiro atoms. The van der Waals surface area contributed by atoms with Gasteiger partial charge in [-0.3, -0.25) is 9.48 Å². The smallest absolute Gasteiger partial charge is 0.251 e. The number of phenols is 1. The second-order valence-electron chi connectivity index (χ2n) is 4.23. The summed E-state index contributed by atoms with van der Waals surface area (Å²) in [5.74, 6) is -0.0965. The minimum atomic E-state index is -0.213. The molecule has 6 heteroatoms. The van der Waals surface area contributed by atoms with Crippen LogP contribution < -0.4 is 5.32 Å². The summed E-state index contributed by atoms with van der Waals surface area (Å²) >= 11 is 2.01. The Kier molecular flexibility index (Phi) is 4.08. The van der Waals surface area contributed by atoms with Crippen LogP contribution in [0.15, 0.2) is 24.4 Å². The summed E-state index contributed by atoms with van der Waals surface area (Å²) in [6.45, 7) is 2.37. The maximum Gasteiger partial charge on any atom is 0.251 e. The SMILES string of the molecule is Cc1c(CNC(=O)c2ccc(I)c(O)c2)cnn1C. The Balaban J connectivity index is 2.05. The topological polar surface area (TPSA) is 67.2 Å². The van der Waals surface area contributed by atoms with Gasteiger partial charge in [0.25, 0.3) is 5.91 Å². The molecule has 0 unspecified atom stereocenters. The van der Waals surface area contributed by atoms with E-state index in [9.17, 15) is 9.90 Å². The third-order valence-electron chi connectivity index (χ3n) is 2.98. The van der Waals surface area contributed by atoms with Crippen LogP contribution in [-0.4, -0.2) is 20.8 Å². The lowest BCUT2D eigenvalue weighted by atomic mass is 10.2. The number of carbonyl (C=O) groups is 1. The molecular formula is C13H14IN3O2. The lowest BCUT2D eigenvalue weighted by Gasteiger charge is -2.06. The van der Waals surface area contributed by atoms with Crippen molar-refractivity contribution in [3.05, 3.63) is 44.8 Å². The van der Waals surface area contributed by atoms with E-state index in [1.54, 1.807) is 23.0 Å². The second-order valence-corrected chi connectivity index (χ2v) is 5.39. The molecule has 0 aliphatic heterocycles. The third-order valence-corrected chi connectivity index (χ3v) is 3.90. The minimum absolute atomic E-state index is 0.116. The van der Waals surface area contributed by atoms with E-state index in [1.165, 1.54) is 6.07 Å². The first-order valence-corrected chi connectivity index (χ1v) is 6.81. The number of hydrogen-bond donors (Lipinski definition) is 2. The van der Waals surface area contributed by atoms with E-state index >= 15 is 0 Å². The zero-order chi connectivity index (χ0) is 14.0. The monoisotopic (exact) mass is 371 g/mol. The molecule has 2 rings (SSSR count). The van der Waals surface area contributed by atoms with Gasteiger partial charge in [0.2, 0.25) is 0 Å². The largest absolute Gasteiger partial charge is 0.507 e. The van der Waals surface area contributed by atoms with Crippen LogP contribution in [0.5, 0.6) is 5.75 Å². The fourth-order valence-electron chi connectivity index (χ4n) is 1.65. The van der Waals surface area contributed by atoms with Crippen LogP contribution in [0.25, 0.3) is 0 Å². The van der Waals surface area contributed by atoms with E-state index in [2.05, 4.69) is 10.4 Å². The molecule has 0 bridgehead atoms. The van der Waals surface area contributed by atoms with Crippen molar-refractivity contribution in [2.75, 3.05) is 0 Å². The standard InChI is InChI=1S/C13H14IN3O2/c1-8-10(7-16-17(8)2)6-15-13(19)9-3-4-11(14)12(18)5-9/h3-5,7,18H,6H2,1-2H3,(H,15,19). The number of nitrogens with zero attached hydrogens (tertiary/aromatic N) is 2. The first kappa shape index (κ1) is 13.9. The van der Waals surface area contributed by atoms with Crippen molar-refractivity contribution in [3.63, 3.8) is 0 Å². The summed E-state index contributed by atoms with van der Waals surface area (Å²) in [5, 5.41) is 16.5. The second kappa shape index (κ2) is 5.60. The quantitative estimate of drug-likeness (QED) is 0.811. The van der Waals surface area contributed by atoms with Crippen LogP contribution in [0.2, 0.25) is 0 Å². The zero-order valence-electron chi connectivity index (χ0n) is 10.6. The number of benzene rings is 1. The Morgan fingerprint density at radius 3 is 2.84 bits per heavy atom. The lowest BCUT2D eigenvalue weighted by Crippen LogP contribution is -2.23. The highest BCUT2D eigenvalue weighted by Crippen LogP contribution is 2.20. The number of rotatable bonds is 3. The van der Waals surface area contributed by atoms with Crippen LogP contribution in [0.4, 0.5) is 0 Å². The zero-order valence-corrected chi connectivity index (χ0v) is 12.8. The van der Waals surface area contributed by atoms with E-state index in [1.807, 2.05) is 36.6 Å². The van der Waals surface area contributed by atoms with E-state index in [4.69, 9.17) is 0 Å². The molecule has 0 atom stereocenters. The molecule has 5 nitrogen and oxygen atoms in total. The molecule has 1 amide bonds. The molecule has 0 saturated carbocycles. The lowest BCUT2D eigenvalue weighted by molar-refractivity contribution is 0.0950. The maximum absolute atomic E-state index is 11.9. The Bertz CT molecular complexity index is 622. The van der Waals surface area contributed by atoms with Crippen LogP contribution in [0.1, 0.15) is 21.6 Å². The molecule has 2 N–H and O–H groups in total. The number of nitrogens with one attached hydrogen (secondary N) is 1. The summed E-state index contributed by atoms with van der Waals surface area (Å²) in [6, 6.07) is 4.86. The molecule has 100 valence electrons. The molecule has 0 aliphatic rings. The van der Waals surface area contributed by atoms with Crippen molar-refractivity contribution in [3.8, 4) is 5.75 Å². The van der Waals surface area contributed by atoms with Gasteiger partial charge in [-0.25, -0.2) is 0 Å².